The molecule has 3 rings (SSSR count). The van der Waals surface area contributed by atoms with Gasteiger partial charge in [-0.15, -0.1) is 0 Å². The molecule has 5 nitrogen and oxygen atoms in total. The summed E-state index contributed by atoms with van der Waals surface area (Å²) in [5.41, 5.74) is 0.379. The minimum atomic E-state index is 0.0540. The van der Waals surface area contributed by atoms with Gasteiger partial charge in [0.15, 0.2) is 6.61 Å². The molecule has 1 amide bonds. The molecule has 24 heavy (non-hydrogen) atoms. The third kappa shape index (κ3) is 4.62. The smallest absolute Gasteiger partial charge is 0.260 e. The van der Waals surface area contributed by atoms with Crippen LogP contribution in [0.1, 0.15) is 13.3 Å². The Hall–Kier alpha value is -1.30. The zero-order valence-corrected chi connectivity index (χ0v) is 15.0. The first kappa shape index (κ1) is 17.5. The van der Waals surface area contributed by atoms with Gasteiger partial charge in [0.25, 0.3) is 5.91 Å². The molecule has 132 valence electrons. The summed E-state index contributed by atoms with van der Waals surface area (Å²) < 4.78 is 5.55. The molecule has 2 saturated heterocycles. The number of halogens is 1. The van der Waals surface area contributed by atoms with Crippen LogP contribution in [0, 0.1) is 5.41 Å². The highest BCUT2D eigenvalue weighted by molar-refractivity contribution is 6.30. The molecule has 0 aliphatic carbocycles. The number of ether oxygens (including phenoxy) is 1. The van der Waals surface area contributed by atoms with Gasteiger partial charge in [-0.2, -0.15) is 0 Å². The zero-order chi connectivity index (χ0) is 17.0. The fourth-order valence-corrected chi connectivity index (χ4v) is 3.59. The molecular formula is C18H26ClN3O2. The molecule has 1 atom stereocenters. The summed E-state index contributed by atoms with van der Waals surface area (Å²) in [5, 5.41) is 4.11. The highest BCUT2D eigenvalue weighted by atomic mass is 35.5. The Kier molecular flexibility index (Phi) is 5.64. The van der Waals surface area contributed by atoms with Crippen molar-refractivity contribution in [2.75, 3.05) is 52.4 Å². The maximum absolute atomic E-state index is 12.3. The topological polar surface area (TPSA) is 44.8 Å². The minimum absolute atomic E-state index is 0.0540. The van der Waals surface area contributed by atoms with Crippen LogP contribution in [-0.4, -0.2) is 68.1 Å². The fourth-order valence-electron chi connectivity index (χ4n) is 3.47. The average Bonchev–Trinajstić information content (AvgIpc) is 3.01. The minimum Gasteiger partial charge on any atom is -0.484 e. The maximum atomic E-state index is 12.3. The monoisotopic (exact) mass is 351 g/mol. The van der Waals surface area contributed by atoms with Gasteiger partial charge in [0.2, 0.25) is 0 Å². The molecule has 2 heterocycles. The Morgan fingerprint density at radius 2 is 1.96 bits per heavy atom. The van der Waals surface area contributed by atoms with Crippen molar-refractivity contribution in [1.82, 2.24) is 15.1 Å². The molecule has 0 aromatic heterocycles. The van der Waals surface area contributed by atoms with Gasteiger partial charge in [0, 0.05) is 44.3 Å². The summed E-state index contributed by atoms with van der Waals surface area (Å²) in [4.78, 5) is 16.7. The highest BCUT2D eigenvalue weighted by Crippen LogP contribution is 2.26. The van der Waals surface area contributed by atoms with Crippen molar-refractivity contribution in [1.29, 1.82) is 0 Å². The number of nitrogens with one attached hydrogen (secondary N) is 1. The summed E-state index contributed by atoms with van der Waals surface area (Å²) in [6.07, 6.45) is 1.24. The second-order valence-electron chi connectivity index (χ2n) is 7.14. The van der Waals surface area contributed by atoms with Crippen LogP contribution >= 0.6 is 11.6 Å². The second kappa shape index (κ2) is 7.72. The van der Waals surface area contributed by atoms with Crippen molar-refractivity contribution in [3.05, 3.63) is 29.3 Å². The number of nitrogens with zero attached hydrogens (tertiary/aromatic N) is 2. The Balaban J connectivity index is 1.40. The van der Waals surface area contributed by atoms with Gasteiger partial charge in [-0.1, -0.05) is 18.5 Å². The van der Waals surface area contributed by atoms with Gasteiger partial charge in [0.1, 0.15) is 5.75 Å². The fraction of sp³-hybridized carbons (Fsp3) is 0.611. The van der Waals surface area contributed by atoms with E-state index in [1.54, 1.807) is 24.3 Å². The number of amides is 1. The van der Waals surface area contributed by atoms with Gasteiger partial charge in [-0.3, -0.25) is 9.69 Å². The predicted octanol–water partition coefficient (Wildman–Crippen LogP) is 1.86. The molecule has 2 aliphatic heterocycles. The third-order valence-electron chi connectivity index (χ3n) is 4.96. The quantitative estimate of drug-likeness (QED) is 0.879. The first-order valence-corrected chi connectivity index (χ1v) is 9.01. The molecule has 1 aromatic rings. The Morgan fingerprint density at radius 1 is 1.25 bits per heavy atom. The van der Waals surface area contributed by atoms with E-state index in [2.05, 4.69) is 17.1 Å². The number of carbonyl (C=O) groups is 1. The molecule has 0 radical (unpaired) electrons. The lowest BCUT2D eigenvalue weighted by Gasteiger charge is -2.38. The van der Waals surface area contributed by atoms with E-state index in [-0.39, 0.29) is 12.5 Å². The van der Waals surface area contributed by atoms with Crippen molar-refractivity contribution in [2.24, 2.45) is 5.41 Å². The summed E-state index contributed by atoms with van der Waals surface area (Å²) in [6, 6.07) is 7.09. The molecule has 0 saturated carbocycles. The van der Waals surface area contributed by atoms with E-state index in [1.807, 2.05) is 4.90 Å². The van der Waals surface area contributed by atoms with E-state index in [1.165, 1.54) is 6.42 Å². The number of hydrogen-bond acceptors (Lipinski definition) is 4. The van der Waals surface area contributed by atoms with Crippen LogP contribution in [0.5, 0.6) is 5.75 Å². The number of benzene rings is 1. The first-order valence-electron chi connectivity index (χ1n) is 8.63. The highest BCUT2D eigenvalue weighted by Gasteiger charge is 2.32. The molecule has 1 aromatic carbocycles. The number of hydrogen-bond donors (Lipinski definition) is 1. The Bertz CT molecular complexity index is 550. The van der Waals surface area contributed by atoms with E-state index in [9.17, 15) is 4.79 Å². The lowest BCUT2D eigenvalue weighted by molar-refractivity contribution is -0.135. The van der Waals surface area contributed by atoms with Crippen LogP contribution in [0.15, 0.2) is 24.3 Å². The summed E-state index contributed by atoms with van der Waals surface area (Å²) in [7, 11) is 0. The molecule has 1 N–H and O–H groups in total. The Labute approximate surface area is 148 Å². The van der Waals surface area contributed by atoms with Crippen molar-refractivity contribution in [3.8, 4) is 5.75 Å². The van der Waals surface area contributed by atoms with Gasteiger partial charge in [0.05, 0.1) is 0 Å². The standard InChI is InChI=1S/C18H26ClN3O2/c1-18(6-7-20-13-18)14-21-8-10-22(11-9-21)17(23)12-24-16-4-2-15(19)3-5-16/h2-5,20H,6-14H2,1H3. The molecule has 6 heteroatoms. The van der Waals surface area contributed by atoms with E-state index in [0.29, 0.717) is 16.2 Å². The van der Waals surface area contributed by atoms with Crippen molar-refractivity contribution in [2.45, 2.75) is 13.3 Å². The molecule has 0 bridgehead atoms. The Morgan fingerprint density at radius 3 is 2.58 bits per heavy atom. The van der Waals surface area contributed by atoms with Gasteiger partial charge >= 0.3 is 0 Å². The van der Waals surface area contributed by atoms with Crippen LogP contribution in [0.3, 0.4) is 0 Å². The SMILES string of the molecule is CC1(CN2CCN(C(=O)COc3ccc(Cl)cc3)CC2)CCNC1. The lowest BCUT2D eigenvalue weighted by atomic mass is 9.89. The molecule has 2 aliphatic rings. The number of carbonyl (C=O) groups excluding carboxylic acids is 1. The second-order valence-corrected chi connectivity index (χ2v) is 7.57. The first-order chi connectivity index (χ1) is 11.5. The van der Waals surface area contributed by atoms with Crippen molar-refractivity contribution in [3.63, 3.8) is 0 Å². The van der Waals surface area contributed by atoms with E-state index in [0.717, 1.165) is 45.8 Å². The molecule has 2 fully saturated rings. The molecular weight excluding hydrogens is 326 g/mol. The van der Waals surface area contributed by atoms with Gasteiger partial charge in [-0.05, 0) is 42.6 Å². The largest absolute Gasteiger partial charge is 0.484 e. The van der Waals surface area contributed by atoms with E-state index in [4.69, 9.17) is 16.3 Å². The normalized spacial score (nSPS) is 25.0. The van der Waals surface area contributed by atoms with E-state index >= 15 is 0 Å². The summed E-state index contributed by atoms with van der Waals surface area (Å²) in [5.74, 6) is 0.728. The van der Waals surface area contributed by atoms with Crippen LogP contribution in [0.25, 0.3) is 0 Å². The van der Waals surface area contributed by atoms with Crippen molar-refractivity contribution < 1.29 is 9.53 Å². The summed E-state index contributed by atoms with van der Waals surface area (Å²) in [6.45, 7) is 9.23. The van der Waals surface area contributed by atoms with Gasteiger partial charge < -0.3 is 15.0 Å². The van der Waals surface area contributed by atoms with Crippen LogP contribution in [0.2, 0.25) is 5.02 Å². The summed E-state index contributed by atoms with van der Waals surface area (Å²) >= 11 is 5.84. The van der Waals surface area contributed by atoms with Crippen LogP contribution < -0.4 is 10.1 Å². The van der Waals surface area contributed by atoms with Gasteiger partial charge in [-0.25, -0.2) is 0 Å². The lowest BCUT2D eigenvalue weighted by Crippen LogP contribution is -2.52. The predicted molar refractivity (Wildman–Crippen MR) is 95.6 cm³/mol. The molecule has 0 spiro atoms. The number of rotatable bonds is 5. The van der Waals surface area contributed by atoms with Crippen molar-refractivity contribution >= 4 is 17.5 Å². The number of piperazine rings is 1. The maximum Gasteiger partial charge on any atom is 0.260 e. The van der Waals surface area contributed by atoms with Crippen LogP contribution in [-0.2, 0) is 4.79 Å². The third-order valence-corrected chi connectivity index (χ3v) is 5.22. The molecule has 1 unspecified atom stereocenters. The zero-order valence-electron chi connectivity index (χ0n) is 14.3. The van der Waals surface area contributed by atoms with Crippen LogP contribution in [0.4, 0.5) is 0 Å². The average molecular weight is 352 g/mol. The van der Waals surface area contributed by atoms with E-state index < -0.39 is 0 Å².